The molecule has 1 atom stereocenters. The maximum Gasteiger partial charge on any atom is 0.0991 e. The molecule has 0 saturated carbocycles. The number of aliphatic imine (C=N–C) groups is 1. The van der Waals surface area contributed by atoms with Gasteiger partial charge in [-0.25, -0.2) is 0 Å². The van der Waals surface area contributed by atoms with Crippen LogP contribution in [-0.4, -0.2) is 28.9 Å². The Labute approximate surface area is 511 Å². The zero-order valence-corrected chi connectivity index (χ0v) is 57.1. The predicted octanol–water partition coefficient (Wildman–Crippen LogP) is 25.6. The van der Waals surface area contributed by atoms with Crippen molar-refractivity contribution in [2.24, 2.45) is 52.3 Å². The molecule has 0 fully saturated rings. The van der Waals surface area contributed by atoms with Crippen LogP contribution in [0.1, 0.15) is 209 Å². The van der Waals surface area contributed by atoms with E-state index in [2.05, 4.69) is 193 Å². The van der Waals surface area contributed by atoms with Crippen molar-refractivity contribution in [2.45, 2.75) is 193 Å². The fourth-order valence-corrected chi connectivity index (χ4v) is 4.99. The average molecular weight is 1130 g/mol. The lowest BCUT2D eigenvalue weighted by Gasteiger charge is -2.44. The molecule has 8 rings (SSSR count). The van der Waals surface area contributed by atoms with Crippen LogP contribution in [0.4, 0.5) is 34.1 Å². The van der Waals surface area contributed by atoms with Crippen molar-refractivity contribution < 1.29 is 0 Å². The predicted molar refractivity (Wildman–Crippen MR) is 378 cm³/mol. The van der Waals surface area contributed by atoms with Crippen molar-refractivity contribution in [3.05, 3.63) is 200 Å². The van der Waals surface area contributed by atoms with E-state index >= 15 is 0 Å². The molecular weight excluding hydrogens is 1010 g/mol. The molecule has 3 aliphatic rings. The fraction of sp³-hybridized carbons (Fsp3) is 0.480. The molecule has 2 aliphatic heterocycles. The minimum Gasteiger partial charge on any atom is -0.807 e. The van der Waals surface area contributed by atoms with E-state index in [1.54, 1.807) is 69.3 Å². The van der Waals surface area contributed by atoms with E-state index in [-0.39, 0.29) is 23.2 Å². The number of para-hydroxylation sites is 6. The topological polar surface area (TPSA) is 145 Å². The number of benzene rings is 5. The van der Waals surface area contributed by atoms with Crippen molar-refractivity contribution >= 4 is 57.0 Å². The summed E-state index contributed by atoms with van der Waals surface area (Å²) in [5.41, 5.74) is 10.6. The van der Waals surface area contributed by atoms with Crippen LogP contribution in [0.3, 0.4) is 0 Å². The Morgan fingerprint density at radius 1 is 0.386 bits per heavy atom. The monoisotopic (exact) mass is 1130 g/mol. The molecule has 0 aromatic heterocycles. The quantitative estimate of drug-likeness (QED) is 0.160. The molecule has 5 aromatic carbocycles. The highest BCUT2D eigenvalue weighted by Gasteiger charge is 2.10. The standard InChI is InChI=1S/C12H9N2.C12H8N2.C10H10N2.C9H7N2.8C4H10/c2*1-2-6-10-9(5-1)13-11-7-3-4-8-12(11)14-10;1-7(11)9-3-5-10(6-4-9)8(2)12;1-7(11)9-4-2-8(6-10)3-5-9;8*1-4(2)3/h1-9H;1-8H;3-6H,1-2H3;2-5H,1H3;8*4H,1-3H3/q-1;2*-2;-1;;;;;;;;. The Morgan fingerprint density at radius 2 is 0.639 bits per heavy atom. The molecule has 5 aromatic rings. The lowest BCUT2D eigenvalue weighted by atomic mass is 10.0. The van der Waals surface area contributed by atoms with Gasteiger partial charge in [0.25, 0.3) is 0 Å². The molecule has 0 spiro atoms. The SMILES string of the molecule is C1=CC2=Nc3ccccc3[N-]C2C=C1.CC(=[N-])c1ccc(C#N)cc1.CC(=[N-])c1ccc(C(C)=[N-])cc1.CC(C)C.CC(C)C.CC(C)C.CC(C)C.CC(C)C.CC(C)C.CC(C)C.CC(C)C.c1ccc2c(c1)[N-]c1ccccc1[N-]2. The largest absolute Gasteiger partial charge is 0.807 e. The molecule has 8 heteroatoms. The van der Waals surface area contributed by atoms with E-state index in [1.165, 1.54) is 0 Å². The molecule has 1 aliphatic carbocycles. The summed E-state index contributed by atoms with van der Waals surface area (Å²) < 4.78 is 0. The Bertz CT molecular complexity index is 2370. The van der Waals surface area contributed by atoms with Gasteiger partial charge in [0.15, 0.2) is 0 Å². The Balaban J connectivity index is -0.000000430. The second kappa shape index (κ2) is 49.7. The molecule has 0 amide bonds. The summed E-state index contributed by atoms with van der Waals surface area (Å²) in [5.74, 6) is 6.67. The van der Waals surface area contributed by atoms with Crippen LogP contribution in [0.25, 0.3) is 32.2 Å². The summed E-state index contributed by atoms with van der Waals surface area (Å²) in [5, 5.41) is 49.3. The number of fused-ring (bicyclic) bond motifs is 4. The number of nitrogens with zero attached hydrogens (tertiary/aromatic N) is 8. The highest BCUT2D eigenvalue weighted by Crippen LogP contribution is 2.53. The van der Waals surface area contributed by atoms with E-state index in [1.807, 2.05) is 97.1 Å². The molecule has 460 valence electrons. The van der Waals surface area contributed by atoms with E-state index in [0.717, 1.165) is 104 Å². The van der Waals surface area contributed by atoms with Crippen LogP contribution in [0, 0.1) is 58.7 Å². The second-order valence-corrected chi connectivity index (χ2v) is 25.4. The normalized spacial score (nSPS) is 11.7. The van der Waals surface area contributed by atoms with E-state index < -0.39 is 0 Å². The first kappa shape index (κ1) is 82.6. The third-order valence-corrected chi connectivity index (χ3v) is 7.78. The summed E-state index contributed by atoms with van der Waals surface area (Å²) in [7, 11) is 0. The van der Waals surface area contributed by atoms with Gasteiger partial charge in [-0.05, 0) is 88.3 Å². The lowest BCUT2D eigenvalue weighted by Crippen LogP contribution is -2.18. The Kier molecular flexibility index (Phi) is 49.5. The zero-order chi connectivity index (χ0) is 64.8. The Morgan fingerprint density at radius 3 is 0.904 bits per heavy atom. The lowest BCUT2D eigenvalue weighted by molar-refractivity contribution is 0.736. The van der Waals surface area contributed by atoms with Gasteiger partial charge in [0.2, 0.25) is 0 Å². The van der Waals surface area contributed by atoms with Gasteiger partial charge >= 0.3 is 0 Å². The number of hydrogen-bond donors (Lipinski definition) is 0. The smallest absolute Gasteiger partial charge is 0.0991 e. The van der Waals surface area contributed by atoms with Crippen LogP contribution >= 0.6 is 0 Å². The van der Waals surface area contributed by atoms with Gasteiger partial charge in [-0.2, -0.15) is 45.1 Å². The van der Waals surface area contributed by atoms with Crippen LogP contribution < -0.4 is 0 Å². The van der Waals surface area contributed by atoms with Gasteiger partial charge < -0.3 is 32.2 Å². The molecular formula is C75H114N8-6. The molecule has 0 bridgehead atoms. The highest BCUT2D eigenvalue weighted by atomic mass is 15.0. The summed E-state index contributed by atoms with van der Waals surface area (Å²) in [6, 6.07) is 39.8. The number of allylic oxidation sites excluding steroid dienone is 2. The van der Waals surface area contributed by atoms with Gasteiger partial charge in [0, 0.05) is 11.4 Å². The number of rotatable bonds is 3. The molecule has 0 radical (unpaired) electrons. The summed E-state index contributed by atoms with van der Waals surface area (Å²) >= 11 is 0. The third-order valence-electron chi connectivity index (χ3n) is 7.78. The molecule has 2 heterocycles. The third kappa shape index (κ3) is 52.9. The fourth-order valence-electron chi connectivity index (χ4n) is 4.99. The van der Waals surface area contributed by atoms with Crippen molar-refractivity contribution in [3.63, 3.8) is 0 Å². The van der Waals surface area contributed by atoms with Crippen LogP contribution in [0.5, 0.6) is 0 Å². The van der Waals surface area contributed by atoms with Crippen molar-refractivity contribution in [3.8, 4) is 6.07 Å². The average Bonchev–Trinajstić information content (AvgIpc) is 3.46. The van der Waals surface area contributed by atoms with Gasteiger partial charge in [0.1, 0.15) is 0 Å². The van der Waals surface area contributed by atoms with Gasteiger partial charge in [-0.15, -0.1) is 5.69 Å². The molecule has 0 saturated heterocycles. The maximum absolute atomic E-state index is 9.10. The van der Waals surface area contributed by atoms with Gasteiger partial charge in [0.05, 0.1) is 11.6 Å². The van der Waals surface area contributed by atoms with Crippen molar-refractivity contribution in [2.75, 3.05) is 0 Å². The van der Waals surface area contributed by atoms with Gasteiger partial charge in [-0.3, -0.25) is 4.99 Å². The second-order valence-electron chi connectivity index (χ2n) is 25.4. The molecule has 0 N–H and O–H groups in total. The first-order valence-corrected chi connectivity index (χ1v) is 30.1. The summed E-state index contributed by atoms with van der Waals surface area (Å²) in [6.07, 6.45) is 8.10. The number of hydrogen-bond acceptors (Lipinski definition) is 2. The minimum absolute atomic E-state index is 0.120. The summed E-state index contributed by atoms with van der Waals surface area (Å²) in [6.45, 7) is 56.9. The van der Waals surface area contributed by atoms with Crippen LogP contribution in [0.2, 0.25) is 0 Å². The van der Waals surface area contributed by atoms with Crippen molar-refractivity contribution in [1.29, 1.82) is 5.26 Å². The molecule has 83 heavy (non-hydrogen) atoms. The first-order chi connectivity index (χ1) is 38.6. The minimum atomic E-state index is 0.120. The summed E-state index contributed by atoms with van der Waals surface area (Å²) in [4.78, 5) is 4.55. The van der Waals surface area contributed by atoms with Gasteiger partial charge in [-0.1, -0.05) is 314 Å². The maximum atomic E-state index is 9.10. The Hall–Kier alpha value is -6.85. The molecule has 1 unspecified atom stereocenters. The van der Waals surface area contributed by atoms with Crippen LogP contribution in [0.15, 0.2) is 151 Å². The van der Waals surface area contributed by atoms with E-state index in [0.29, 0.717) is 5.56 Å². The van der Waals surface area contributed by atoms with E-state index in [9.17, 15) is 0 Å². The number of nitriles is 1. The van der Waals surface area contributed by atoms with Crippen molar-refractivity contribution in [1.82, 2.24) is 0 Å². The van der Waals surface area contributed by atoms with Crippen LogP contribution in [-0.2, 0) is 0 Å². The first-order valence-electron chi connectivity index (χ1n) is 30.1. The van der Waals surface area contributed by atoms with E-state index in [4.69, 9.17) is 21.5 Å². The molecule has 8 nitrogen and oxygen atoms in total. The highest BCUT2D eigenvalue weighted by molar-refractivity contribution is 6.09. The zero-order valence-electron chi connectivity index (χ0n) is 57.1.